The maximum absolute atomic E-state index is 3.58. The molecule has 66 valence electrons. The molecule has 1 rings (SSSR count). The lowest BCUT2D eigenvalue weighted by molar-refractivity contribution is 0.441. The summed E-state index contributed by atoms with van der Waals surface area (Å²) in [6, 6.07) is 0. The Morgan fingerprint density at radius 1 is 1.36 bits per heavy atom. The van der Waals surface area contributed by atoms with E-state index < -0.39 is 0 Å². The molecule has 1 unspecified atom stereocenters. The highest BCUT2D eigenvalue weighted by Crippen LogP contribution is 2.34. The van der Waals surface area contributed by atoms with E-state index in [-0.39, 0.29) is 0 Å². The van der Waals surface area contributed by atoms with E-state index >= 15 is 0 Å². The second-order valence-electron chi connectivity index (χ2n) is 4.10. The molecule has 0 bridgehead atoms. The van der Waals surface area contributed by atoms with Crippen molar-refractivity contribution in [3.05, 3.63) is 0 Å². The minimum Gasteiger partial charge on any atom is -0.319 e. The largest absolute Gasteiger partial charge is 0.319 e. The van der Waals surface area contributed by atoms with Gasteiger partial charge in [0, 0.05) is 5.54 Å². The molecule has 0 aromatic heterocycles. The van der Waals surface area contributed by atoms with Crippen molar-refractivity contribution < 1.29 is 0 Å². The average Bonchev–Trinajstić information content (AvgIpc) is 2.66. The van der Waals surface area contributed by atoms with Gasteiger partial charge in [-0.25, -0.2) is 0 Å². The van der Waals surface area contributed by atoms with Gasteiger partial charge in [0.1, 0.15) is 0 Å². The summed E-state index contributed by atoms with van der Waals surface area (Å²) in [4.78, 5) is 0. The van der Waals surface area contributed by atoms with Gasteiger partial charge in [-0.2, -0.15) is 0 Å². The fourth-order valence-corrected chi connectivity index (χ4v) is 1.21. The molecule has 0 spiro atoms. The molecule has 0 aliphatic heterocycles. The van der Waals surface area contributed by atoms with Gasteiger partial charge >= 0.3 is 0 Å². The monoisotopic (exact) mass is 156 g/mol. The summed E-state index contributed by atoms with van der Waals surface area (Å²) in [6.45, 7) is 6.84. The smallest absolute Gasteiger partial charge is 0.0154 e. The minimum atomic E-state index is 0.502. The van der Waals surface area contributed by atoms with Crippen LogP contribution in [0.2, 0.25) is 0 Å². The third-order valence-electron chi connectivity index (χ3n) is 2.43. The Bertz CT molecular complexity index is 119. The lowest BCUT2D eigenvalue weighted by Gasteiger charge is -2.16. The van der Waals surface area contributed by atoms with Crippen LogP contribution in [0.15, 0.2) is 0 Å². The fraction of sp³-hybridized carbons (Fsp3) is 1.00. The Balaban J connectivity index is 2.01. The molecule has 0 heterocycles. The molecule has 0 aromatic carbocycles. The highest BCUT2D eigenvalue weighted by Gasteiger charge is 2.36. The Morgan fingerprint density at radius 2 is 2.00 bits per heavy atom. The van der Waals surface area contributed by atoms with Crippen LogP contribution in [-0.4, -0.2) is 25.7 Å². The van der Waals surface area contributed by atoms with Crippen LogP contribution in [0.25, 0.3) is 0 Å². The number of rotatable bonds is 5. The van der Waals surface area contributed by atoms with Crippen molar-refractivity contribution >= 4 is 0 Å². The molecule has 0 saturated heterocycles. The molecule has 1 aliphatic carbocycles. The first-order valence-electron chi connectivity index (χ1n) is 4.56. The van der Waals surface area contributed by atoms with Crippen LogP contribution in [0.4, 0.5) is 0 Å². The first kappa shape index (κ1) is 9.01. The predicted molar refractivity (Wildman–Crippen MR) is 48.7 cm³/mol. The van der Waals surface area contributed by atoms with Gasteiger partial charge in [-0.15, -0.1) is 0 Å². The van der Waals surface area contributed by atoms with Crippen LogP contribution in [0.1, 0.15) is 26.7 Å². The van der Waals surface area contributed by atoms with Crippen molar-refractivity contribution in [1.82, 2.24) is 10.6 Å². The lowest BCUT2D eigenvalue weighted by Crippen LogP contribution is -2.34. The van der Waals surface area contributed by atoms with Crippen LogP contribution in [0, 0.1) is 5.92 Å². The zero-order valence-electron chi connectivity index (χ0n) is 7.91. The van der Waals surface area contributed by atoms with Crippen molar-refractivity contribution in [2.24, 2.45) is 5.92 Å². The first-order chi connectivity index (χ1) is 5.16. The van der Waals surface area contributed by atoms with E-state index in [1.54, 1.807) is 0 Å². The summed E-state index contributed by atoms with van der Waals surface area (Å²) in [5.74, 6) is 0.748. The van der Waals surface area contributed by atoms with Crippen molar-refractivity contribution in [1.29, 1.82) is 0 Å². The van der Waals surface area contributed by atoms with Gasteiger partial charge < -0.3 is 10.6 Å². The van der Waals surface area contributed by atoms with Crippen LogP contribution in [-0.2, 0) is 0 Å². The van der Waals surface area contributed by atoms with Crippen LogP contribution in [0.3, 0.4) is 0 Å². The molecule has 11 heavy (non-hydrogen) atoms. The van der Waals surface area contributed by atoms with Gasteiger partial charge in [-0.3, -0.25) is 0 Å². The quantitative estimate of drug-likeness (QED) is 0.620. The van der Waals surface area contributed by atoms with Gasteiger partial charge in [-0.05, 0) is 45.8 Å². The molecule has 2 heteroatoms. The van der Waals surface area contributed by atoms with Crippen LogP contribution in [0.5, 0.6) is 0 Å². The maximum atomic E-state index is 3.58. The van der Waals surface area contributed by atoms with Gasteiger partial charge in [-0.1, -0.05) is 6.92 Å². The van der Waals surface area contributed by atoms with Gasteiger partial charge in [0.05, 0.1) is 0 Å². The predicted octanol–water partition coefficient (Wildman–Crippen LogP) is 0.984. The number of hydrogen-bond acceptors (Lipinski definition) is 2. The topological polar surface area (TPSA) is 24.1 Å². The molecular weight excluding hydrogens is 136 g/mol. The second-order valence-corrected chi connectivity index (χ2v) is 4.10. The van der Waals surface area contributed by atoms with Gasteiger partial charge in [0.15, 0.2) is 0 Å². The van der Waals surface area contributed by atoms with E-state index in [9.17, 15) is 0 Å². The normalized spacial score (nSPS) is 23.2. The zero-order valence-corrected chi connectivity index (χ0v) is 7.91. The standard InChI is InChI=1S/C9H20N2/c1-8(6-10-3)7-11-9(2)4-5-9/h8,10-11H,4-7H2,1-3H3. The summed E-state index contributed by atoms with van der Waals surface area (Å²) in [7, 11) is 2.01. The molecule has 1 aliphatic rings. The second kappa shape index (κ2) is 3.55. The van der Waals surface area contributed by atoms with Crippen LogP contribution < -0.4 is 10.6 Å². The Morgan fingerprint density at radius 3 is 2.45 bits per heavy atom. The molecular formula is C9H20N2. The molecule has 1 saturated carbocycles. The summed E-state index contributed by atoms with van der Waals surface area (Å²) >= 11 is 0. The third-order valence-corrected chi connectivity index (χ3v) is 2.43. The minimum absolute atomic E-state index is 0.502. The number of nitrogens with one attached hydrogen (secondary N) is 2. The summed E-state index contributed by atoms with van der Waals surface area (Å²) in [6.07, 6.45) is 2.72. The summed E-state index contributed by atoms with van der Waals surface area (Å²) < 4.78 is 0. The third kappa shape index (κ3) is 3.21. The van der Waals surface area contributed by atoms with E-state index in [1.807, 2.05) is 7.05 Å². The SMILES string of the molecule is CNCC(C)CNC1(C)CC1. The van der Waals surface area contributed by atoms with Crippen LogP contribution >= 0.6 is 0 Å². The summed E-state index contributed by atoms with van der Waals surface area (Å²) in [5.41, 5.74) is 0.502. The Kier molecular flexibility index (Phi) is 2.90. The summed E-state index contributed by atoms with van der Waals surface area (Å²) in [5, 5.41) is 6.76. The van der Waals surface area contributed by atoms with Crippen molar-refractivity contribution in [2.45, 2.75) is 32.2 Å². The van der Waals surface area contributed by atoms with E-state index in [1.165, 1.54) is 12.8 Å². The molecule has 1 atom stereocenters. The van der Waals surface area contributed by atoms with E-state index in [4.69, 9.17) is 0 Å². The first-order valence-corrected chi connectivity index (χ1v) is 4.56. The van der Waals surface area contributed by atoms with E-state index in [2.05, 4.69) is 24.5 Å². The Hall–Kier alpha value is -0.0800. The van der Waals surface area contributed by atoms with Crippen molar-refractivity contribution in [3.63, 3.8) is 0 Å². The average molecular weight is 156 g/mol. The zero-order chi connectivity index (χ0) is 8.32. The van der Waals surface area contributed by atoms with Gasteiger partial charge in [0.25, 0.3) is 0 Å². The molecule has 0 aromatic rings. The van der Waals surface area contributed by atoms with Gasteiger partial charge in [0.2, 0.25) is 0 Å². The maximum Gasteiger partial charge on any atom is 0.0154 e. The Labute approximate surface area is 69.8 Å². The van der Waals surface area contributed by atoms with E-state index in [0.29, 0.717) is 5.54 Å². The molecule has 2 N–H and O–H groups in total. The lowest BCUT2D eigenvalue weighted by atomic mass is 10.1. The molecule has 0 radical (unpaired) electrons. The van der Waals surface area contributed by atoms with E-state index in [0.717, 1.165) is 19.0 Å². The molecule has 0 amide bonds. The highest BCUT2D eigenvalue weighted by atomic mass is 15.0. The fourth-order valence-electron chi connectivity index (χ4n) is 1.21. The van der Waals surface area contributed by atoms with Crippen molar-refractivity contribution in [2.75, 3.05) is 20.1 Å². The highest BCUT2D eigenvalue weighted by molar-refractivity contribution is 4.97. The number of hydrogen-bond donors (Lipinski definition) is 2. The molecule has 1 fully saturated rings. The molecule has 2 nitrogen and oxygen atoms in total. The van der Waals surface area contributed by atoms with Crippen molar-refractivity contribution in [3.8, 4) is 0 Å².